The molecule has 1 aliphatic heterocycles. The predicted molar refractivity (Wildman–Crippen MR) is 71.2 cm³/mol. The van der Waals surface area contributed by atoms with Crippen molar-refractivity contribution in [3.63, 3.8) is 0 Å². The summed E-state index contributed by atoms with van der Waals surface area (Å²) < 4.78 is 4.90. The third kappa shape index (κ3) is 8.16. The molecule has 1 fully saturated rings. The maximum atomic E-state index is 11.2. The van der Waals surface area contributed by atoms with Crippen molar-refractivity contribution in [1.29, 1.82) is 0 Å². The molecule has 0 aliphatic carbocycles. The first kappa shape index (κ1) is 16.4. The summed E-state index contributed by atoms with van der Waals surface area (Å²) in [5, 5.41) is 0. The van der Waals surface area contributed by atoms with E-state index in [4.69, 9.17) is 4.74 Å². The second-order valence-electron chi connectivity index (χ2n) is 4.22. The average Bonchev–Trinajstić information content (AvgIpc) is 2.31. The molecule has 0 amide bonds. The first-order chi connectivity index (χ1) is 8.17. The van der Waals surface area contributed by atoms with Crippen LogP contribution in [0, 0.1) is 0 Å². The largest absolute Gasteiger partial charge is 0.465 e. The lowest BCUT2D eigenvalue weighted by Crippen LogP contribution is -2.47. The van der Waals surface area contributed by atoms with Crippen LogP contribution in [-0.2, 0) is 9.53 Å². The summed E-state index contributed by atoms with van der Waals surface area (Å²) in [7, 11) is 0. The van der Waals surface area contributed by atoms with Crippen LogP contribution in [0.4, 0.5) is 0 Å². The first-order valence-corrected chi connectivity index (χ1v) is 6.78. The van der Waals surface area contributed by atoms with E-state index in [0.717, 1.165) is 32.7 Å². The molecule has 4 nitrogen and oxygen atoms in total. The lowest BCUT2D eigenvalue weighted by molar-refractivity contribution is -0.144. The van der Waals surface area contributed by atoms with Crippen LogP contribution in [0.2, 0.25) is 0 Å². The van der Waals surface area contributed by atoms with Gasteiger partial charge in [-0.15, -0.1) is 0 Å². The number of carbonyl (C=O) groups is 1. The Hall–Kier alpha value is -0.610. The standard InChI is InChI=1S/C10H20N2O2.C3H8/c1-3-11-5-7-12(8-6-11)9-10(13)14-4-2;1-3-2/h3-9H2,1-2H3;3H2,1-2H3. The molecule has 0 unspecified atom stereocenters. The number of rotatable bonds is 4. The Labute approximate surface area is 106 Å². The zero-order valence-electron chi connectivity index (χ0n) is 11.9. The quantitative estimate of drug-likeness (QED) is 0.703. The molecule has 102 valence electrons. The highest BCUT2D eigenvalue weighted by molar-refractivity contribution is 5.71. The molecule has 0 bridgehead atoms. The molecule has 1 saturated heterocycles. The van der Waals surface area contributed by atoms with Crippen LogP contribution < -0.4 is 0 Å². The normalized spacial score (nSPS) is 17.2. The van der Waals surface area contributed by atoms with Gasteiger partial charge in [0.05, 0.1) is 13.2 Å². The number of likely N-dealkylation sites (N-methyl/N-ethyl adjacent to an activating group) is 1. The SMILES string of the molecule is CCC.CCOC(=O)CN1CCN(CC)CC1. The molecule has 0 aromatic heterocycles. The van der Waals surface area contributed by atoms with E-state index < -0.39 is 0 Å². The third-order valence-corrected chi connectivity index (χ3v) is 2.57. The zero-order valence-corrected chi connectivity index (χ0v) is 11.9. The van der Waals surface area contributed by atoms with Gasteiger partial charge < -0.3 is 9.64 Å². The molecule has 0 spiro atoms. The van der Waals surface area contributed by atoms with Crippen molar-refractivity contribution in [3.05, 3.63) is 0 Å². The molecular formula is C13H28N2O2. The Morgan fingerprint density at radius 3 is 1.88 bits per heavy atom. The maximum absolute atomic E-state index is 11.2. The highest BCUT2D eigenvalue weighted by Crippen LogP contribution is 2.00. The fourth-order valence-corrected chi connectivity index (χ4v) is 1.65. The Morgan fingerprint density at radius 1 is 1.00 bits per heavy atom. The minimum absolute atomic E-state index is 0.0996. The smallest absolute Gasteiger partial charge is 0.320 e. The monoisotopic (exact) mass is 244 g/mol. The van der Waals surface area contributed by atoms with Gasteiger partial charge in [0.15, 0.2) is 0 Å². The Bertz CT molecular complexity index is 190. The van der Waals surface area contributed by atoms with Crippen LogP contribution in [0.5, 0.6) is 0 Å². The average molecular weight is 244 g/mol. The summed E-state index contributed by atoms with van der Waals surface area (Å²) in [6.07, 6.45) is 1.25. The van der Waals surface area contributed by atoms with Gasteiger partial charge in [-0.2, -0.15) is 0 Å². The van der Waals surface area contributed by atoms with Gasteiger partial charge in [-0.1, -0.05) is 27.2 Å². The number of ether oxygens (including phenoxy) is 1. The van der Waals surface area contributed by atoms with Gasteiger partial charge >= 0.3 is 5.97 Å². The van der Waals surface area contributed by atoms with Gasteiger partial charge in [0.2, 0.25) is 0 Å². The minimum Gasteiger partial charge on any atom is -0.465 e. The molecule has 1 rings (SSSR count). The molecule has 0 atom stereocenters. The van der Waals surface area contributed by atoms with Crippen LogP contribution in [0.15, 0.2) is 0 Å². The van der Waals surface area contributed by atoms with Gasteiger partial charge in [0.25, 0.3) is 0 Å². The van der Waals surface area contributed by atoms with E-state index in [1.807, 2.05) is 6.92 Å². The fourth-order valence-electron chi connectivity index (χ4n) is 1.65. The molecule has 0 N–H and O–H groups in total. The van der Waals surface area contributed by atoms with Crippen molar-refractivity contribution in [1.82, 2.24) is 9.80 Å². The maximum Gasteiger partial charge on any atom is 0.320 e. The molecule has 1 aliphatic rings. The summed E-state index contributed by atoms with van der Waals surface area (Å²) in [4.78, 5) is 15.7. The van der Waals surface area contributed by atoms with Crippen LogP contribution in [0.1, 0.15) is 34.1 Å². The predicted octanol–water partition coefficient (Wildman–Crippen LogP) is 1.60. The Balaban J connectivity index is 0.000000770. The van der Waals surface area contributed by atoms with Crippen LogP contribution in [-0.4, -0.2) is 61.6 Å². The second kappa shape index (κ2) is 10.5. The minimum atomic E-state index is -0.0996. The number of carbonyl (C=O) groups excluding carboxylic acids is 1. The Morgan fingerprint density at radius 2 is 1.47 bits per heavy atom. The number of hydrogen-bond donors (Lipinski definition) is 0. The van der Waals surface area contributed by atoms with Gasteiger partial charge in [0, 0.05) is 26.2 Å². The molecule has 17 heavy (non-hydrogen) atoms. The fraction of sp³-hybridized carbons (Fsp3) is 0.923. The van der Waals surface area contributed by atoms with Crippen LogP contribution in [0.3, 0.4) is 0 Å². The summed E-state index contributed by atoms with van der Waals surface area (Å²) in [5.74, 6) is -0.0996. The Kier molecular flexibility index (Phi) is 10.2. The number of piperazine rings is 1. The summed E-state index contributed by atoms with van der Waals surface area (Å²) in [5.41, 5.74) is 0. The number of hydrogen-bond acceptors (Lipinski definition) is 4. The van der Waals surface area contributed by atoms with Crippen LogP contribution >= 0.6 is 0 Å². The third-order valence-electron chi connectivity index (χ3n) is 2.57. The van der Waals surface area contributed by atoms with Crippen molar-refractivity contribution in [3.8, 4) is 0 Å². The van der Waals surface area contributed by atoms with E-state index >= 15 is 0 Å². The molecular weight excluding hydrogens is 216 g/mol. The summed E-state index contributed by atoms with van der Waals surface area (Å²) >= 11 is 0. The summed E-state index contributed by atoms with van der Waals surface area (Å²) in [6.45, 7) is 14.4. The van der Waals surface area contributed by atoms with Gasteiger partial charge in [0.1, 0.15) is 0 Å². The lowest BCUT2D eigenvalue weighted by Gasteiger charge is -2.33. The zero-order chi connectivity index (χ0) is 13.1. The molecule has 4 heteroatoms. The van der Waals surface area contributed by atoms with E-state index in [9.17, 15) is 4.79 Å². The van der Waals surface area contributed by atoms with Gasteiger partial charge in [-0.25, -0.2) is 0 Å². The molecule has 1 heterocycles. The van der Waals surface area contributed by atoms with Crippen molar-refractivity contribution < 1.29 is 9.53 Å². The molecule has 0 aromatic carbocycles. The van der Waals surface area contributed by atoms with Crippen molar-refractivity contribution in [2.45, 2.75) is 34.1 Å². The van der Waals surface area contributed by atoms with E-state index in [-0.39, 0.29) is 5.97 Å². The van der Waals surface area contributed by atoms with Crippen molar-refractivity contribution in [2.24, 2.45) is 0 Å². The highest BCUT2D eigenvalue weighted by Gasteiger charge is 2.17. The van der Waals surface area contributed by atoms with Crippen LogP contribution in [0.25, 0.3) is 0 Å². The number of nitrogens with zero attached hydrogens (tertiary/aromatic N) is 2. The van der Waals surface area contributed by atoms with E-state index in [1.54, 1.807) is 0 Å². The topological polar surface area (TPSA) is 32.8 Å². The number of esters is 1. The summed E-state index contributed by atoms with van der Waals surface area (Å²) in [6, 6.07) is 0. The lowest BCUT2D eigenvalue weighted by atomic mass is 10.3. The molecule has 0 saturated carbocycles. The van der Waals surface area contributed by atoms with E-state index in [2.05, 4.69) is 30.6 Å². The van der Waals surface area contributed by atoms with E-state index in [1.165, 1.54) is 6.42 Å². The molecule has 0 radical (unpaired) electrons. The van der Waals surface area contributed by atoms with Gasteiger partial charge in [-0.05, 0) is 13.5 Å². The second-order valence-corrected chi connectivity index (χ2v) is 4.22. The van der Waals surface area contributed by atoms with E-state index in [0.29, 0.717) is 13.2 Å². The van der Waals surface area contributed by atoms with Crippen molar-refractivity contribution >= 4 is 5.97 Å². The van der Waals surface area contributed by atoms with Gasteiger partial charge in [-0.3, -0.25) is 9.69 Å². The molecule has 0 aromatic rings. The highest BCUT2D eigenvalue weighted by atomic mass is 16.5. The first-order valence-electron chi connectivity index (χ1n) is 6.78. The van der Waals surface area contributed by atoms with Crippen molar-refractivity contribution in [2.75, 3.05) is 45.9 Å².